The molecule has 25 heavy (non-hydrogen) atoms. The van der Waals surface area contributed by atoms with Crippen LogP contribution in [0.4, 0.5) is 0 Å². The molecule has 1 amide bonds. The Hall–Kier alpha value is -2.37. The lowest BCUT2D eigenvalue weighted by molar-refractivity contribution is 0.0954. The van der Waals surface area contributed by atoms with E-state index >= 15 is 0 Å². The summed E-state index contributed by atoms with van der Waals surface area (Å²) < 4.78 is 5.13. The highest BCUT2D eigenvalue weighted by Crippen LogP contribution is 2.32. The normalized spacial score (nSPS) is 10.5. The number of amides is 1. The molecule has 0 saturated carbocycles. The number of aryl methyl sites for hydroxylation is 1. The van der Waals surface area contributed by atoms with Crippen molar-refractivity contribution in [3.8, 4) is 16.3 Å². The minimum Gasteiger partial charge on any atom is -0.497 e. The molecule has 0 aliphatic carbocycles. The molecule has 0 radical (unpaired) electrons. The number of carbonyl (C=O) groups excluding carboxylic acids is 1. The Labute approximate surface area is 155 Å². The zero-order chi connectivity index (χ0) is 17.8. The minimum absolute atomic E-state index is 0.135. The van der Waals surface area contributed by atoms with E-state index in [-0.39, 0.29) is 5.91 Å². The number of aromatic nitrogens is 1. The maximum Gasteiger partial charge on any atom is 0.263 e. The molecule has 0 saturated heterocycles. The number of hydrogen-bond acceptors (Lipinski definition) is 4. The van der Waals surface area contributed by atoms with Crippen LogP contribution >= 0.6 is 22.9 Å². The molecule has 6 heteroatoms. The first-order chi connectivity index (χ1) is 12.1. The molecule has 0 aliphatic rings. The highest BCUT2D eigenvalue weighted by atomic mass is 35.5. The van der Waals surface area contributed by atoms with Gasteiger partial charge in [0.2, 0.25) is 0 Å². The van der Waals surface area contributed by atoms with Crippen LogP contribution in [0.5, 0.6) is 5.75 Å². The van der Waals surface area contributed by atoms with Crippen LogP contribution in [-0.2, 0) is 6.54 Å². The van der Waals surface area contributed by atoms with Crippen molar-refractivity contribution in [3.05, 3.63) is 69.7 Å². The molecule has 1 heterocycles. The molecule has 0 aliphatic heterocycles. The van der Waals surface area contributed by atoms with Gasteiger partial charge in [-0.3, -0.25) is 4.79 Å². The molecule has 0 unspecified atom stereocenters. The summed E-state index contributed by atoms with van der Waals surface area (Å²) in [6, 6.07) is 15.1. The molecule has 128 valence electrons. The average molecular weight is 373 g/mol. The van der Waals surface area contributed by atoms with Crippen molar-refractivity contribution >= 4 is 28.8 Å². The summed E-state index contributed by atoms with van der Waals surface area (Å²) in [5, 5.41) is 4.30. The Balaban J connectivity index is 1.73. The van der Waals surface area contributed by atoms with Crippen LogP contribution in [0.3, 0.4) is 0 Å². The van der Waals surface area contributed by atoms with Crippen molar-refractivity contribution in [1.29, 1.82) is 0 Å². The Kier molecular flexibility index (Phi) is 5.36. The third kappa shape index (κ3) is 4.00. The number of ether oxygens (including phenoxy) is 1. The van der Waals surface area contributed by atoms with Gasteiger partial charge in [0.25, 0.3) is 5.91 Å². The standard InChI is InChI=1S/C19H17ClN2O2S/c1-12-17(25-19(22-12)15-5-3-4-6-16(15)20)18(23)21-11-13-7-9-14(24-2)10-8-13/h3-10H,11H2,1-2H3,(H,21,23). The Morgan fingerprint density at radius 1 is 1.20 bits per heavy atom. The number of methoxy groups -OCH3 is 1. The van der Waals surface area contributed by atoms with Crippen molar-refractivity contribution in [2.24, 2.45) is 0 Å². The highest BCUT2D eigenvalue weighted by Gasteiger charge is 2.17. The van der Waals surface area contributed by atoms with E-state index in [2.05, 4.69) is 10.3 Å². The lowest BCUT2D eigenvalue weighted by atomic mass is 10.2. The van der Waals surface area contributed by atoms with Crippen molar-refractivity contribution in [2.45, 2.75) is 13.5 Å². The predicted octanol–water partition coefficient (Wildman–Crippen LogP) is 4.71. The number of nitrogens with zero attached hydrogens (tertiary/aromatic N) is 1. The van der Waals surface area contributed by atoms with Gasteiger partial charge in [0, 0.05) is 12.1 Å². The van der Waals surface area contributed by atoms with Crippen LogP contribution in [0.2, 0.25) is 5.02 Å². The molecule has 1 aromatic heterocycles. The van der Waals surface area contributed by atoms with Gasteiger partial charge in [-0.15, -0.1) is 11.3 Å². The lowest BCUT2D eigenvalue weighted by Crippen LogP contribution is -2.22. The molecular formula is C19H17ClN2O2S. The fraction of sp³-hybridized carbons (Fsp3) is 0.158. The molecule has 1 N–H and O–H groups in total. The zero-order valence-electron chi connectivity index (χ0n) is 13.9. The van der Waals surface area contributed by atoms with E-state index in [4.69, 9.17) is 16.3 Å². The van der Waals surface area contributed by atoms with Gasteiger partial charge in [-0.05, 0) is 30.7 Å². The highest BCUT2D eigenvalue weighted by molar-refractivity contribution is 7.17. The monoisotopic (exact) mass is 372 g/mol. The summed E-state index contributed by atoms with van der Waals surface area (Å²) in [5.74, 6) is 0.655. The average Bonchev–Trinajstić information content (AvgIpc) is 3.02. The fourth-order valence-corrected chi connectivity index (χ4v) is 3.67. The van der Waals surface area contributed by atoms with Crippen molar-refractivity contribution in [3.63, 3.8) is 0 Å². The fourth-order valence-electron chi connectivity index (χ4n) is 2.36. The van der Waals surface area contributed by atoms with Crippen LogP contribution < -0.4 is 10.1 Å². The van der Waals surface area contributed by atoms with E-state index in [1.54, 1.807) is 7.11 Å². The molecule has 2 aromatic carbocycles. The molecule has 0 fully saturated rings. The number of hydrogen-bond donors (Lipinski definition) is 1. The number of benzene rings is 2. The van der Waals surface area contributed by atoms with Crippen molar-refractivity contribution < 1.29 is 9.53 Å². The quantitative estimate of drug-likeness (QED) is 0.705. The first-order valence-electron chi connectivity index (χ1n) is 7.72. The van der Waals surface area contributed by atoms with E-state index in [0.29, 0.717) is 22.1 Å². The van der Waals surface area contributed by atoms with Gasteiger partial charge in [0.15, 0.2) is 0 Å². The zero-order valence-corrected chi connectivity index (χ0v) is 15.4. The van der Waals surface area contributed by atoms with Gasteiger partial charge >= 0.3 is 0 Å². The molecule has 3 aromatic rings. The van der Waals surface area contributed by atoms with E-state index in [0.717, 1.165) is 21.9 Å². The van der Waals surface area contributed by atoms with Gasteiger partial charge < -0.3 is 10.1 Å². The summed E-state index contributed by atoms with van der Waals surface area (Å²) in [4.78, 5) is 17.6. The smallest absolute Gasteiger partial charge is 0.263 e. The molecule has 0 atom stereocenters. The topological polar surface area (TPSA) is 51.2 Å². The number of nitrogens with one attached hydrogen (secondary N) is 1. The molecule has 4 nitrogen and oxygen atoms in total. The van der Waals surface area contributed by atoms with E-state index in [9.17, 15) is 4.79 Å². The van der Waals surface area contributed by atoms with Gasteiger partial charge in [-0.2, -0.15) is 0 Å². The van der Waals surface area contributed by atoms with E-state index < -0.39 is 0 Å². The Morgan fingerprint density at radius 3 is 2.60 bits per heavy atom. The Bertz CT molecular complexity index is 891. The van der Waals surface area contributed by atoms with Gasteiger partial charge in [-0.1, -0.05) is 41.9 Å². The van der Waals surface area contributed by atoms with Crippen molar-refractivity contribution in [2.75, 3.05) is 7.11 Å². The summed E-state index contributed by atoms with van der Waals surface area (Å²) in [6.07, 6.45) is 0. The Morgan fingerprint density at radius 2 is 1.92 bits per heavy atom. The summed E-state index contributed by atoms with van der Waals surface area (Å²) in [5.41, 5.74) is 2.54. The second kappa shape index (κ2) is 7.68. The second-order valence-electron chi connectivity index (χ2n) is 5.44. The number of thiazole rings is 1. The summed E-state index contributed by atoms with van der Waals surface area (Å²) in [7, 11) is 1.62. The van der Waals surface area contributed by atoms with E-state index in [1.807, 2.05) is 55.5 Å². The lowest BCUT2D eigenvalue weighted by Gasteiger charge is -2.05. The summed E-state index contributed by atoms with van der Waals surface area (Å²) in [6.45, 7) is 2.28. The van der Waals surface area contributed by atoms with Gasteiger partial charge in [0.1, 0.15) is 15.6 Å². The minimum atomic E-state index is -0.135. The largest absolute Gasteiger partial charge is 0.497 e. The third-order valence-electron chi connectivity index (χ3n) is 3.72. The van der Waals surface area contributed by atoms with E-state index in [1.165, 1.54) is 11.3 Å². The molecule has 0 spiro atoms. The van der Waals surface area contributed by atoms with Crippen LogP contribution in [0, 0.1) is 6.92 Å². The summed E-state index contributed by atoms with van der Waals surface area (Å²) >= 11 is 7.57. The molecular weight excluding hydrogens is 356 g/mol. The molecule has 3 rings (SSSR count). The number of halogens is 1. The van der Waals surface area contributed by atoms with Crippen LogP contribution in [0.1, 0.15) is 20.9 Å². The molecule has 0 bridgehead atoms. The predicted molar refractivity (Wildman–Crippen MR) is 101 cm³/mol. The first-order valence-corrected chi connectivity index (χ1v) is 8.91. The van der Waals surface area contributed by atoms with Crippen LogP contribution in [-0.4, -0.2) is 18.0 Å². The maximum atomic E-state index is 12.5. The first kappa shape index (κ1) is 17.5. The van der Waals surface area contributed by atoms with Crippen LogP contribution in [0.15, 0.2) is 48.5 Å². The van der Waals surface area contributed by atoms with Crippen LogP contribution in [0.25, 0.3) is 10.6 Å². The SMILES string of the molecule is COc1ccc(CNC(=O)c2sc(-c3ccccc3Cl)nc2C)cc1. The number of rotatable bonds is 5. The maximum absolute atomic E-state index is 12.5. The van der Waals surface area contributed by atoms with Crippen molar-refractivity contribution in [1.82, 2.24) is 10.3 Å². The van der Waals surface area contributed by atoms with Gasteiger partial charge in [0.05, 0.1) is 17.8 Å². The van der Waals surface area contributed by atoms with Gasteiger partial charge in [-0.25, -0.2) is 4.98 Å². The second-order valence-corrected chi connectivity index (χ2v) is 6.85. The number of carbonyl (C=O) groups is 1. The third-order valence-corrected chi connectivity index (χ3v) is 5.24.